The van der Waals surface area contributed by atoms with E-state index in [-0.39, 0.29) is 5.91 Å². The van der Waals surface area contributed by atoms with Crippen LogP contribution in [-0.2, 0) is 0 Å². The van der Waals surface area contributed by atoms with Crippen LogP contribution in [0.1, 0.15) is 53.4 Å². The van der Waals surface area contributed by atoms with Gasteiger partial charge >= 0.3 is 0 Å². The van der Waals surface area contributed by atoms with Crippen molar-refractivity contribution in [2.75, 3.05) is 6.54 Å². The number of amides is 1. The number of nitrogens with one attached hydrogen (secondary N) is 1. The molecule has 0 unspecified atom stereocenters. The van der Waals surface area contributed by atoms with Crippen LogP contribution in [0.2, 0.25) is 0 Å². The Labute approximate surface area is 130 Å². The number of rotatable bonds is 5. The van der Waals surface area contributed by atoms with E-state index in [4.69, 9.17) is 0 Å². The van der Waals surface area contributed by atoms with E-state index in [0.717, 1.165) is 51.6 Å². The first kappa shape index (κ1) is 15.9. The maximum absolute atomic E-state index is 12.3. The molecule has 2 aromatic heterocycles. The van der Waals surface area contributed by atoms with Crippen molar-refractivity contribution in [1.82, 2.24) is 15.3 Å². The standard InChI is InChI=1S/C16H23N3OS/c1-9(2)7-6-8-17-15(20)14-10(3)13-11(4)18-12(5)19-16(13)21-14/h9H,6-8H2,1-5H3,(H,17,20). The number of hydrogen-bond donors (Lipinski definition) is 1. The van der Waals surface area contributed by atoms with Crippen LogP contribution in [-0.4, -0.2) is 22.4 Å². The van der Waals surface area contributed by atoms with Crippen LogP contribution in [0.15, 0.2) is 0 Å². The molecule has 0 aliphatic carbocycles. The Hall–Kier alpha value is -1.49. The van der Waals surface area contributed by atoms with Gasteiger partial charge in [0.05, 0.1) is 4.88 Å². The minimum absolute atomic E-state index is 0.0105. The second-order valence-electron chi connectivity index (χ2n) is 5.88. The molecule has 4 nitrogen and oxygen atoms in total. The summed E-state index contributed by atoms with van der Waals surface area (Å²) in [6.07, 6.45) is 2.15. The van der Waals surface area contributed by atoms with Gasteiger partial charge < -0.3 is 5.32 Å². The second kappa shape index (κ2) is 6.52. The van der Waals surface area contributed by atoms with Crippen LogP contribution in [0, 0.1) is 26.7 Å². The number of aromatic nitrogens is 2. The second-order valence-corrected chi connectivity index (χ2v) is 6.88. The van der Waals surface area contributed by atoms with Crippen molar-refractivity contribution >= 4 is 27.5 Å². The van der Waals surface area contributed by atoms with E-state index in [1.165, 1.54) is 11.3 Å². The Morgan fingerprint density at radius 3 is 2.62 bits per heavy atom. The molecule has 5 heteroatoms. The van der Waals surface area contributed by atoms with Crippen molar-refractivity contribution in [3.8, 4) is 0 Å². The van der Waals surface area contributed by atoms with E-state index in [9.17, 15) is 4.79 Å². The lowest BCUT2D eigenvalue weighted by molar-refractivity contribution is 0.0956. The van der Waals surface area contributed by atoms with Crippen molar-refractivity contribution < 1.29 is 4.79 Å². The minimum atomic E-state index is 0.0105. The Kier molecular flexibility index (Phi) is 4.93. The normalized spacial score (nSPS) is 11.3. The molecular weight excluding hydrogens is 282 g/mol. The van der Waals surface area contributed by atoms with E-state index in [1.807, 2.05) is 20.8 Å². The van der Waals surface area contributed by atoms with Crippen LogP contribution in [0.3, 0.4) is 0 Å². The number of aryl methyl sites for hydroxylation is 3. The van der Waals surface area contributed by atoms with E-state index >= 15 is 0 Å². The van der Waals surface area contributed by atoms with Gasteiger partial charge in [-0.1, -0.05) is 13.8 Å². The van der Waals surface area contributed by atoms with Gasteiger partial charge in [-0.2, -0.15) is 0 Å². The molecule has 2 heterocycles. The molecule has 0 aliphatic heterocycles. The van der Waals surface area contributed by atoms with Crippen molar-refractivity contribution in [1.29, 1.82) is 0 Å². The summed E-state index contributed by atoms with van der Waals surface area (Å²) in [5.74, 6) is 1.44. The lowest BCUT2D eigenvalue weighted by Crippen LogP contribution is -2.24. The number of fused-ring (bicyclic) bond motifs is 1. The molecule has 0 atom stereocenters. The number of carbonyl (C=O) groups is 1. The van der Waals surface area contributed by atoms with Gasteiger partial charge in [-0.05, 0) is 45.1 Å². The average molecular weight is 305 g/mol. The SMILES string of the molecule is Cc1nc(C)c2c(C)c(C(=O)NCCCC(C)C)sc2n1. The zero-order valence-electron chi connectivity index (χ0n) is 13.4. The van der Waals surface area contributed by atoms with Crippen molar-refractivity contribution in [2.45, 2.75) is 47.5 Å². The Morgan fingerprint density at radius 2 is 1.95 bits per heavy atom. The molecule has 0 bridgehead atoms. The molecule has 0 saturated carbocycles. The van der Waals surface area contributed by atoms with Gasteiger partial charge in [0, 0.05) is 17.6 Å². The maximum Gasteiger partial charge on any atom is 0.261 e. The molecule has 2 aromatic rings. The smallest absolute Gasteiger partial charge is 0.261 e. The molecule has 0 spiro atoms. The van der Waals surface area contributed by atoms with Gasteiger partial charge in [0.2, 0.25) is 0 Å². The summed E-state index contributed by atoms with van der Waals surface area (Å²) in [7, 11) is 0. The van der Waals surface area contributed by atoms with Gasteiger partial charge in [0.25, 0.3) is 5.91 Å². The molecule has 0 fully saturated rings. The highest BCUT2D eigenvalue weighted by Gasteiger charge is 2.18. The highest BCUT2D eigenvalue weighted by Crippen LogP contribution is 2.31. The molecule has 0 aromatic carbocycles. The number of carbonyl (C=O) groups excluding carboxylic acids is 1. The highest BCUT2D eigenvalue weighted by atomic mass is 32.1. The Bertz CT molecular complexity index is 661. The van der Waals surface area contributed by atoms with E-state index in [0.29, 0.717) is 5.92 Å². The van der Waals surface area contributed by atoms with Gasteiger partial charge in [-0.25, -0.2) is 9.97 Å². The van der Waals surface area contributed by atoms with Gasteiger partial charge in [-0.15, -0.1) is 11.3 Å². The van der Waals surface area contributed by atoms with Crippen molar-refractivity contribution in [2.24, 2.45) is 5.92 Å². The van der Waals surface area contributed by atoms with E-state index in [2.05, 4.69) is 29.1 Å². The van der Waals surface area contributed by atoms with Crippen LogP contribution in [0.25, 0.3) is 10.2 Å². The summed E-state index contributed by atoms with van der Waals surface area (Å²) in [6, 6.07) is 0. The number of hydrogen-bond acceptors (Lipinski definition) is 4. The fourth-order valence-corrected chi connectivity index (χ4v) is 3.68. The first-order chi connectivity index (χ1) is 9.90. The summed E-state index contributed by atoms with van der Waals surface area (Å²) < 4.78 is 0. The van der Waals surface area contributed by atoms with Crippen LogP contribution < -0.4 is 5.32 Å². The predicted molar refractivity (Wildman–Crippen MR) is 88.0 cm³/mol. The molecule has 114 valence electrons. The average Bonchev–Trinajstić information content (AvgIpc) is 2.71. The molecule has 2 rings (SSSR count). The van der Waals surface area contributed by atoms with Crippen LogP contribution in [0.5, 0.6) is 0 Å². The van der Waals surface area contributed by atoms with Gasteiger partial charge in [-0.3, -0.25) is 4.79 Å². The summed E-state index contributed by atoms with van der Waals surface area (Å²) in [4.78, 5) is 22.8. The minimum Gasteiger partial charge on any atom is -0.351 e. The molecule has 0 aliphatic rings. The zero-order valence-corrected chi connectivity index (χ0v) is 14.2. The monoisotopic (exact) mass is 305 g/mol. The van der Waals surface area contributed by atoms with Crippen molar-refractivity contribution in [3.05, 3.63) is 22.0 Å². The van der Waals surface area contributed by atoms with Crippen LogP contribution in [0.4, 0.5) is 0 Å². The fourth-order valence-electron chi connectivity index (χ4n) is 2.48. The van der Waals surface area contributed by atoms with E-state index in [1.54, 1.807) is 0 Å². The summed E-state index contributed by atoms with van der Waals surface area (Å²) in [6.45, 7) is 11.0. The van der Waals surface area contributed by atoms with Crippen LogP contribution >= 0.6 is 11.3 Å². The summed E-state index contributed by atoms with van der Waals surface area (Å²) in [5, 5.41) is 4.04. The highest BCUT2D eigenvalue weighted by molar-refractivity contribution is 7.20. The van der Waals surface area contributed by atoms with Crippen molar-refractivity contribution in [3.63, 3.8) is 0 Å². The zero-order chi connectivity index (χ0) is 15.6. The predicted octanol–water partition coefficient (Wildman–Crippen LogP) is 3.78. The van der Waals surface area contributed by atoms with E-state index < -0.39 is 0 Å². The Balaban J connectivity index is 2.16. The number of nitrogens with zero attached hydrogens (tertiary/aromatic N) is 2. The fraction of sp³-hybridized carbons (Fsp3) is 0.562. The molecule has 0 radical (unpaired) electrons. The quantitative estimate of drug-likeness (QED) is 0.855. The molecular formula is C16H23N3OS. The molecule has 0 saturated heterocycles. The maximum atomic E-state index is 12.3. The summed E-state index contributed by atoms with van der Waals surface area (Å²) >= 11 is 1.46. The van der Waals surface area contributed by atoms with Gasteiger partial charge in [0.1, 0.15) is 10.7 Å². The molecule has 1 amide bonds. The third-order valence-electron chi connectivity index (χ3n) is 3.53. The Morgan fingerprint density at radius 1 is 1.24 bits per heavy atom. The largest absolute Gasteiger partial charge is 0.351 e. The third-order valence-corrected chi connectivity index (χ3v) is 4.72. The van der Waals surface area contributed by atoms with Gasteiger partial charge in [0.15, 0.2) is 0 Å². The first-order valence-electron chi connectivity index (χ1n) is 7.42. The third kappa shape index (κ3) is 3.59. The summed E-state index contributed by atoms with van der Waals surface area (Å²) in [5.41, 5.74) is 1.94. The lowest BCUT2D eigenvalue weighted by Gasteiger charge is -2.06. The molecule has 21 heavy (non-hydrogen) atoms. The number of thiophene rings is 1. The first-order valence-corrected chi connectivity index (χ1v) is 8.24. The lowest BCUT2D eigenvalue weighted by atomic mass is 10.1. The molecule has 1 N–H and O–H groups in total. The topological polar surface area (TPSA) is 54.9 Å².